The van der Waals surface area contributed by atoms with Crippen molar-refractivity contribution < 1.29 is 5.11 Å². The van der Waals surface area contributed by atoms with Crippen LogP contribution in [0.1, 0.15) is 19.4 Å². The molecule has 6 heteroatoms. The average molecular weight is 359 g/mol. The van der Waals surface area contributed by atoms with Gasteiger partial charge in [0.1, 0.15) is 5.65 Å². The van der Waals surface area contributed by atoms with Gasteiger partial charge in [0.2, 0.25) is 0 Å². The molecule has 4 heterocycles. The molecule has 5 rings (SSSR count). The van der Waals surface area contributed by atoms with Crippen LogP contribution in [0.4, 0.5) is 0 Å². The number of aromatic nitrogens is 5. The third-order valence-electron chi connectivity index (χ3n) is 5.34. The minimum atomic E-state index is -0.885. The summed E-state index contributed by atoms with van der Waals surface area (Å²) in [4.78, 5) is 8.01. The molecule has 1 aromatic carbocycles. The minimum Gasteiger partial charge on any atom is -0.386 e. The van der Waals surface area contributed by atoms with Gasteiger partial charge in [-0.1, -0.05) is 6.07 Å². The van der Waals surface area contributed by atoms with Gasteiger partial charge in [0.05, 0.1) is 17.3 Å². The summed E-state index contributed by atoms with van der Waals surface area (Å²) < 4.78 is 3.99. The molecule has 0 aliphatic carbocycles. The number of pyridine rings is 1. The second kappa shape index (κ2) is 5.20. The lowest BCUT2D eigenvalue weighted by molar-refractivity contribution is 0.0787. The van der Waals surface area contributed by atoms with E-state index in [1.165, 1.54) is 0 Å². The Kier molecular flexibility index (Phi) is 3.10. The predicted octanol–water partition coefficient (Wildman–Crippen LogP) is 3.84. The zero-order chi connectivity index (χ0) is 18.9. The number of fused-ring (bicyclic) bond motifs is 4. The van der Waals surface area contributed by atoms with Crippen LogP contribution in [0.2, 0.25) is 0 Å². The summed E-state index contributed by atoms with van der Waals surface area (Å²) in [5, 5.41) is 18.0. The van der Waals surface area contributed by atoms with Crippen LogP contribution in [0.25, 0.3) is 44.1 Å². The van der Waals surface area contributed by atoms with Crippen LogP contribution in [0.15, 0.2) is 42.9 Å². The number of hydrogen-bond acceptors (Lipinski definition) is 3. The van der Waals surface area contributed by atoms with Crippen LogP contribution < -0.4 is 0 Å². The number of aromatic amines is 1. The van der Waals surface area contributed by atoms with Gasteiger partial charge in [-0.2, -0.15) is 5.10 Å². The van der Waals surface area contributed by atoms with Crippen molar-refractivity contribution in [1.82, 2.24) is 24.3 Å². The van der Waals surface area contributed by atoms with Gasteiger partial charge in [-0.15, -0.1) is 0 Å². The number of nitrogens with zero attached hydrogens (tertiary/aromatic N) is 4. The number of aryl methyl sites for hydroxylation is 2. The highest BCUT2D eigenvalue weighted by atomic mass is 16.3. The molecule has 0 bridgehead atoms. The number of nitrogens with one attached hydrogen (secondary N) is 1. The average Bonchev–Trinajstić information content (AvgIpc) is 3.29. The zero-order valence-electron chi connectivity index (χ0n) is 15.8. The standard InChI is InChI=1S/C21H21N5O/c1-21(2,27)13-5-6-18-14(7-13)16(11-25(18)3)17-8-15-19-12(10-23-26(19)4)9-22-20(15)24-17/h5-11,27H,1-4H3,(H,22,24). The molecule has 0 spiro atoms. The first-order chi connectivity index (χ1) is 12.8. The Morgan fingerprint density at radius 1 is 1.07 bits per heavy atom. The molecule has 0 amide bonds. The molecule has 2 N–H and O–H groups in total. The summed E-state index contributed by atoms with van der Waals surface area (Å²) in [6.45, 7) is 3.62. The molecule has 5 aromatic rings. The molecule has 4 aromatic heterocycles. The third kappa shape index (κ3) is 2.30. The first kappa shape index (κ1) is 16.1. The lowest BCUT2D eigenvalue weighted by Gasteiger charge is -2.18. The van der Waals surface area contributed by atoms with E-state index in [-0.39, 0.29) is 0 Å². The summed E-state index contributed by atoms with van der Waals surface area (Å²) in [5.41, 5.74) is 5.14. The fraction of sp³-hybridized carbons (Fsp3) is 0.238. The van der Waals surface area contributed by atoms with E-state index in [0.717, 1.165) is 49.7 Å². The quantitative estimate of drug-likeness (QED) is 0.503. The van der Waals surface area contributed by atoms with E-state index in [9.17, 15) is 5.11 Å². The first-order valence-electron chi connectivity index (χ1n) is 8.94. The topological polar surface area (TPSA) is 71.7 Å². The van der Waals surface area contributed by atoms with Crippen molar-refractivity contribution in [3.05, 3.63) is 48.4 Å². The largest absolute Gasteiger partial charge is 0.386 e. The molecule has 27 heavy (non-hydrogen) atoms. The first-order valence-corrected chi connectivity index (χ1v) is 8.94. The molecule has 0 unspecified atom stereocenters. The molecule has 6 nitrogen and oxygen atoms in total. The van der Waals surface area contributed by atoms with Gasteiger partial charge in [-0.05, 0) is 37.6 Å². The van der Waals surface area contributed by atoms with Gasteiger partial charge in [-0.25, -0.2) is 4.98 Å². The maximum absolute atomic E-state index is 10.4. The van der Waals surface area contributed by atoms with Crippen LogP contribution in [0, 0.1) is 0 Å². The van der Waals surface area contributed by atoms with Crippen molar-refractivity contribution in [2.75, 3.05) is 0 Å². The van der Waals surface area contributed by atoms with Gasteiger partial charge in [0, 0.05) is 59.4 Å². The van der Waals surface area contributed by atoms with Crippen molar-refractivity contribution >= 4 is 32.8 Å². The van der Waals surface area contributed by atoms with Crippen molar-refractivity contribution in [2.45, 2.75) is 19.4 Å². The van der Waals surface area contributed by atoms with Crippen LogP contribution in [0.5, 0.6) is 0 Å². The zero-order valence-corrected chi connectivity index (χ0v) is 15.8. The summed E-state index contributed by atoms with van der Waals surface area (Å²) in [6.07, 6.45) is 5.80. The second-order valence-electron chi connectivity index (χ2n) is 7.72. The Balaban J connectivity index is 1.80. The van der Waals surface area contributed by atoms with Gasteiger partial charge >= 0.3 is 0 Å². The van der Waals surface area contributed by atoms with E-state index in [1.807, 2.05) is 51.1 Å². The van der Waals surface area contributed by atoms with E-state index in [4.69, 9.17) is 0 Å². The predicted molar refractivity (Wildman–Crippen MR) is 108 cm³/mol. The highest BCUT2D eigenvalue weighted by Crippen LogP contribution is 2.35. The number of H-pyrrole nitrogens is 1. The molecule has 0 saturated heterocycles. The lowest BCUT2D eigenvalue weighted by atomic mass is 9.96. The number of hydrogen-bond donors (Lipinski definition) is 2. The maximum atomic E-state index is 10.4. The second-order valence-corrected chi connectivity index (χ2v) is 7.72. The number of aliphatic hydroxyl groups is 1. The van der Waals surface area contributed by atoms with E-state index in [1.54, 1.807) is 0 Å². The molecule has 136 valence electrons. The van der Waals surface area contributed by atoms with Crippen molar-refractivity contribution in [1.29, 1.82) is 0 Å². The van der Waals surface area contributed by atoms with Gasteiger partial charge in [-0.3, -0.25) is 4.68 Å². The monoisotopic (exact) mass is 359 g/mol. The normalized spacial score (nSPS) is 12.6. The van der Waals surface area contributed by atoms with Gasteiger partial charge in [0.25, 0.3) is 0 Å². The Bertz CT molecular complexity index is 1330. The maximum Gasteiger partial charge on any atom is 0.139 e. The van der Waals surface area contributed by atoms with Crippen LogP contribution in [-0.2, 0) is 19.7 Å². The molecule has 0 saturated carbocycles. The minimum absolute atomic E-state index is 0.844. The highest BCUT2D eigenvalue weighted by molar-refractivity contribution is 6.06. The van der Waals surface area contributed by atoms with E-state index < -0.39 is 5.60 Å². The van der Waals surface area contributed by atoms with Crippen LogP contribution in [0.3, 0.4) is 0 Å². The van der Waals surface area contributed by atoms with Crippen molar-refractivity contribution in [2.24, 2.45) is 14.1 Å². The highest BCUT2D eigenvalue weighted by Gasteiger charge is 2.19. The molecule has 0 aliphatic heterocycles. The Hall–Kier alpha value is -3.12. The Morgan fingerprint density at radius 3 is 2.67 bits per heavy atom. The summed E-state index contributed by atoms with van der Waals surface area (Å²) in [6, 6.07) is 8.26. The Labute approximate surface area is 156 Å². The summed E-state index contributed by atoms with van der Waals surface area (Å²) in [7, 11) is 3.98. The molecule has 0 fully saturated rings. The molecule has 0 aliphatic rings. The van der Waals surface area contributed by atoms with E-state index >= 15 is 0 Å². The molecule has 0 radical (unpaired) electrons. The lowest BCUT2D eigenvalue weighted by Crippen LogP contribution is -2.15. The van der Waals surface area contributed by atoms with Crippen LogP contribution >= 0.6 is 0 Å². The van der Waals surface area contributed by atoms with E-state index in [2.05, 4.69) is 44.0 Å². The van der Waals surface area contributed by atoms with Gasteiger partial charge in [0.15, 0.2) is 0 Å². The van der Waals surface area contributed by atoms with Crippen LogP contribution in [-0.4, -0.2) is 29.4 Å². The fourth-order valence-electron chi connectivity index (χ4n) is 3.87. The van der Waals surface area contributed by atoms with Crippen molar-refractivity contribution in [3.8, 4) is 11.3 Å². The summed E-state index contributed by atoms with van der Waals surface area (Å²) in [5.74, 6) is 0. The number of benzene rings is 1. The Morgan fingerprint density at radius 2 is 1.89 bits per heavy atom. The number of rotatable bonds is 2. The third-order valence-corrected chi connectivity index (χ3v) is 5.34. The van der Waals surface area contributed by atoms with Gasteiger partial charge < -0.3 is 14.7 Å². The smallest absolute Gasteiger partial charge is 0.139 e. The SMILES string of the molecule is Cn1cc(-c2cc3c(ncc4cnn(C)c43)[nH]2)c2cc(C(C)(C)O)ccc21. The molecular formula is C21H21N5O. The summed E-state index contributed by atoms with van der Waals surface area (Å²) >= 11 is 0. The molecular weight excluding hydrogens is 338 g/mol. The molecule has 0 atom stereocenters. The van der Waals surface area contributed by atoms with E-state index in [0.29, 0.717) is 0 Å². The fourth-order valence-corrected chi connectivity index (χ4v) is 3.87. The van der Waals surface area contributed by atoms with Crippen molar-refractivity contribution in [3.63, 3.8) is 0 Å².